The third-order valence-electron chi connectivity index (χ3n) is 4.36. The van der Waals surface area contributed by atoms with Gasteiger partial charge in [-0.15, -0.1) is 0 Å². The van der Waals surface area contributed by atoms with Gasteiger partial charge in [-0.05, 0) is 48.6 Å². The number of aromatic nitrogens is 2. The topological polar surface area (TPSA) is 52.5 Å². The molecule has 1 atom stereocenters. The van der Waals surface area contributed by atoms with Gasteiger partial charge in [-0.1, -0.05) is 24.3 Å². The zero-order valence-corrected chi connectivity index (χ0v) is 11.6. The fourth-order valence-electron chi connectivity index (χ4n) is 3.22. The molecule has 1 aliphatic rings. The molecule has 2 aromatic carbocycles. The molecule has 0 radical (unpaired) electrons. The van der Waals surface area contributed by atoms with Gasteiger partial charge in [0.2, 0.25) is 0 Å². The van der Waals surface area contributed by atoms with Gasteiger partial charge in [0.1, 0.15) is 5.82 Å². The molecule has 4 rings (SSSR count). The number of nitriles is 1. The average molecular weight is 273 g/mol. The molecule has 1 aliphatic carbocycles. The maximum atomic E-state index is 8.98. The van der Waals surface area contributed by atoms with E-state index >= 15 is 0 Å². The Kier molecular flexibility index (Phi) is 2.75. The largest absolute Gasteiger partial charge is 0.342 e. The number of fused-ring (bicyclic) bond motifs is 2. The number of hydrogen-bond donors (Lipinski definition) is 1. The Labute approximate surface area is 123 Å². The highest BCUT2D eigenvalue weighted by Crippen LogP contribution is 2.32. The second kappa shape index (κ2) is 4.75. The Morgan fingerprint density at radius 2 is 2.00 bits per heavy atom. The van der Waals surface area contributed by atoms with Crippen molar-refractivity contribution < 1.29 is 0 Å². The van der Waals surface area contributed by atoms with Crippen molar-refractivity contribution in [2.24, 2.45) is 0 Å². The Balaban J connectivity index is 1.70. The van der Waals surface area contributed by atoms with Crippen molar-refractivity contribution in [3.8, 4) is 6.07 Å². The van der Waals surface area contributed by atoms with Gasteiger partial charge in [0, 0.05) is 5.92 Å². The lowest BCUT2D eigenvalue weighted by Crippen LogP contribution is -2.13. The van der Waals surface area contributed by atoms with Crippen LogP contribution in [0.3, 0.4) is 0 Å². The molecule has 3 aromatic rings. The minimum absolute atomic E-state index is 0.442. The van der Waals surface area contributed by atoms with Crippen LogP contribution in [0.15, 0.2) is 42.5 Å². The van der Waals surface area contributed by atoms with E-state index in [4.69, 9.17) is 10.2 Å². The minimum Gasteiger partial charge on any atom is -0.342 e. The second-order valence-electron chi connectivity index (χ2n) is 5.67. The summed E-state index contributed by atoms with van der Waals surface area (Å²) in [5.74, 6) is 1.49. The number of nitrogens with one attached hydrogen (secondary N) is 1. The maximum absolute atomic E-state index is 8.98. The predicted octanol–water partition coefficient (Wildman–Crippen LogP) is 3.71. The third-order valence-corrected chi connectivity index (χ3v) is 4.36. The first-order chi connectivity index (χ1) is 10.3. The Bertz CT molecular complexity index is 854. The number of imidazole rings is 1. The van der Waals surface area contributed by atoms with Crippen LogP contribution in [0.2, 0.25) is 0 Å². The van der Waals surface area contributed by atoms with Gasteiger partial charge < -0.3 is 4.98 Å². The number of hydrogen-bond acceptors (Lipinski definition) is 2. The normalized spacial score (nSPS) is 17.4. The molecule has 0 aliphatic heterocycles. The third kappa shape index (κ3) is 2.09. The monoisotopic (exact) mass is 273 g/mol. The van der Waals surface area contributed by atoms with Crippen molar-refractivity contribution in [3.05, 3.63) is 65.0 Å². The van der Waals surface area contributed by atoms with Crippen molar-refractivity contribution in [2.75, 3.05) is 0 Å². The smallest absolute Gasteiger partial charge is 0.110 e. The van der Waals surface area contributed by atoms with E-state index in [2.05, 4.69) is 35.3 Å². The summed E-state index contributed by atoms with van der Waals surface area (Å²) in [6, 6.07) is 16.5. The van der Waals surface area contributed by atoms with Crippen LogP contribution in [-0.4, -0.2) is 9.97 Å². The molecule has 0 bridgehead atoms. The van der Waals surface area contributed by atoms with Crippen LogP contribution in [0.5, 0.6) is 0 Å². The number of aryl methyl sites for hydroxylation is 1. The molecule has 102 valence electrons. The first-order valence-electron chi connectivity index (χ1n) is 7.30. The lowest BCUT2D eigenvalue weighted by atomic mass is 9.83. The molecule has 21 heavy (non-hydrogen) atoms. The summed E-state index contributed by atoms with van der Waals surface area (Å²) < 4.78 is 0. The first kappa shape index (κ1) is 12.2. The number of H-pyrrole nitrogens is 1. The van der Waals surface area contributed by atoms with Gasteiger partial charge in [-0.25, -0.2) is 4.98 Å². The Morgan fingerprint density at radius 3 is 2.86 bits per heavy atom. The quantitative estimate of drug-likeness (QED) is 0.735. The molecule has 0 spiro atoms. The summed E-state index contributed by atoms with van der Waals surface area (Å²) in [4.78, 5) is 8.13. The summed E-state index contributed by atoms with van der Waals surface area (Å²) in [6.07, 6.45) is 3.28. The highest BCUT2D eigenvalue weighted by Gasteiger charge is 2.22. The minimum atomic E-state index is 0.442. The molecular formula is C18H15N3. The molecule has 0 amide bonds. The summed E-state index contributed by atoms with van der Waals surface area (Å²) in [5.41, 5.74) is 5.49. The van der Waals surface area contributed by atoms with Gasteiger partial charge in [-0.2, -0.15) is 5.26 Å². The van der Waals surface area contributed by atoms with E-state index in [9.17, 15) is 0 Å². The zero-order valence-electron chi connectivity index (χ0n) is 11.6. The van der Waals surface area contributed by atoms with Gasteiger partial charge >= 0.3 is 0 Å². The molecule has 0 saturated carbocycles. The molecule has 0 saturated heterocycles. The number of benzene rings is 2. The van der Waals surface area contributed by atoms with E-state index in [0.717, 1.165) is 36.1 Å². The highest BCUT2D eigenvalue weighted by atomic mass is 14.9. The van der Waals surface area contributed by atoms with Gasteiger partial charge in [0.05, 0.1) is 22.7 Å². The number of rotatable bonds is 1. The molecule has 1 heterocycles. The van der Waals surface area contributed by atoms with Crippen LogP contribution in [0, 0.1) is 11.3 Å². The van der Waals surface area contributed by atoms with Crippen LogP contribution >= 0.6 is 0 Å². The molecule has 3 nitrogen and oxygen atoms in total. The molecule has 3 heteroatoms. The van der Waals surface area contributed by atoms with Crippen LogP contribution in [0.4, 0.5) is 0 Å². The molecule has 1 unspecified atom stereocenters. The number of nitrogens with zero attached hydrogens (tertiary/aromatic N) is 2. The maximum Gasteiger partial charge on any atom is 0.110 e. The Hall–Kier alpha value is -2.60. The predicted molar refractivity (Wildman–Crippen MR) is 82.0 cm³/mol. The molecule has 1 aromatic heterocycles. The van der Waals surface area contributed by atoms with Gasteiger partial charge in [-0.3, -0.25) is 0 Å². The van der Waals surface area contributed by atoms with Gasteiger partial charge in [0.15, 0.2) is 0 Å². The molecule has 1 N–H and O–H groups in total. The average Bonchev–Trinajstić information content (AvgIpc) is 2.97. The highest BCUT2D eigenvalue weighted by molar-refractivity contribution is 5.76. The van der Waals surface area contributed by atoms with E-state index < -0.39 is 0 Å². The summed E-state index contributed by atoms with van der Waals surface area (Å²) in [5, 5.41) is 8.98. The standard InChI is InChI=1S/C18H15N3/c19-11-12-5-8-16-17(9-12)21-18(20-16)15-7-6-13-3-1-2-4-14(13)10-15/h1-5,8-9,15H,6-7,10H2,(H,20,21). The van der Waals surface area contributed by atoms with Crippen molar-refractivity contribution in [1.82, 2.24) is 9.97 Å². The van der Waals surface area contributed by atoms with Crippen LogP contribution in [-0.2, 0) is 12.8 Å². The fourth-order valence-corrected chi connectivity index (χ4v) is 3.22. The van der Waals surface area contributed by atoms with E-state index in [1.807, 2.05) is 18.2 Å². The van der Waals surface area contributed by atoms with Gasteiger partial charge in [0.25, 0.3) is 0 Å². The van der Waals surface area contributed by atoms with E-state index in [-0.39, 0.29) is 0 Å². The number of aromatic amines is 1. The van der Waals surface area contributed by atoms with Crippen LogP contribution < -0.4 is 0 Å². The summed E-state index contributed by atoms with van der Waals surface area (Å²) >= 11 is 0. The fraction of sp³-hybridized carbons (Fsp3) is 0.222. The van der Waals surface area contributed by atoms with Crippen molar-refractivity contribution >= 4 is 11.0 Å². The first-order valence-corrected chi connectivity index (χ1v) is 7.30. The van der Waals surface area contributed by atoms with Crippen molar-refractivity contribution in [1.29, 1.82) is 5.26 Å². The molecular weight excluding hydrogens is 258 g/mol. The van der Waals surface area contributed by atoms with Crippen LogP contribution in [0.25, 0.3) is 11.0 Å². The molecule has 0 fully saturated rings. The van der Waals surface area contributed by atoms with Crippen molar-refractivity contribution in [2.45, 2.75) is 25.2 Å². The SMILES string of the molecule is N#Cc1ccc2nc(C3CCc4ccccc4C3)[nH]c2c1. The van der Waals surface area contributed by atoms with Crippen molar-refractivity contribution in [3.63, 3.8) is 0 Å². The zero-order chi connectivity index (χ0) is 14.2. The van der Waals surface area contributed by atoms with E-state index in [1.165, 1.54) is 11.1 Å². The summed E-state index contributed by atoms with van der Waals surface area (Å²) in [7, 11) is 0. The Morgan fingerprint density at radius 1 is 1.14 bits per heavy atom. The second-order valence-corrected chi connectivity index (χ2v) is 5.67. The van der Waals surface area contributed by atoms with Crippen LogP contribution in [0.1, 0.15) is 34.9 Å². The van der Waals surface area contributed by atoms with E-state index in [0.29, 0.717) is 11.5 Å². The lowest BCUT2D eigenvalue weighted by molar-refractivity contribution is 0.561. The lowest BCUT2D eigenvalue weighted by Gasteiger charge is -2.22. The summed E-state index contributed by atoms with van der Waals surface area (Å²) in [6.45, 7) is 0. The van der Waals surface area contributed by atoms with E-state index in [1.54, 1.807) is 0 Å².